The van der Waals surface area contributed by atoms with Crippen molar-refractivity contribution in [2.45, 2.75) is 70.4 Å². The van der Waals surface area contributed by atoms with E-state index in [9.17, 15) is 18.0 Å². The molecule has 2 aliphatic carbocycles. The standard InChI is InChI=1S/C27H34F3N3O/c28-27(29,30)24-15-21(26(34)33-17-20-9-5-2-6-10-20)11-13-23(24)22-12-14-25(32-18-22)31-16-19-7-3-1-4-8-19/h11-15,18-20H,1-10,16-17H2,(H,31,32)(H,33,34). The highest BCUT2D eigenvalue weighted by atomic mass is 19.4. The minimum Gasteiger partial charge on any atom is -0.370 e. The van der Waals surface area contributed by atoms with Crippen molar-refractivity contribution in [3.8, 4) is 11.1 Å². The number of halogens is 3. The van der Waals surface area contributed by atoms with Crippen LogP contribution in [0.2, 0.25) is 0 Å². The number of anilines is 1. The maximum Gasteiger partial charge on any atom is 0.417 e. The van der Waals surface area contributed by atoms with E-state index in [2.05, 4.69) is 15.6 Å². The zero-order chi connectivity index (χ0) is 24.0. The van der Waals surface area contributed by atoms with Gasteiger partial charge >= 0.3 is 6.18 Å². The fourth-order valence-corrected chi connectivity index (χ4v) is 5.20. The molecule has 7 heteroatoms. The Balaban J connectivity index is 1.44. The number of hydrogen-bond donors (Lipinski definition) is 2. The van der Waals surface area contributed by atoms with Crippen LogP contribution in [0.1, 0.15) is 80.1 Å². The molecule has 0 saturated heterocycles. The van der Waals surface area contributed by atoms with Crippen molar-refractivity contribution in [3.05, 3.63) is 47.7 Å². The van der Waals surface area contributed by atoms with E-state index in [0.717, 1.165) is 38.3 Å². The van der Waals surface area contributed by atoms with E-state index >= 15 is 0 Å². The Morgan fingerprint density at radius 2 is 1.53 bits per heavy atom. The molecule has 34 heavy (non-hydrogen) atoms. The molecule has 1 amide bonds. The van der Waals surface area contributed by atoms with Crippen LogP contribution in [0, 0.1) is 11.8 Å². The molecular weight excluding hydrogens is 439 g/mol. The van der Waals surface area contributed by atoms with Gasteiger partial charge in [-0.3, -0.25) is 4.79 Å². The summed E-state index contributed by atoms with van der Waals surface area (Å²) in [5, 5.41) is 6.14. The van der Waals surface area contributed by atoms with Crippen LogP contribution >= 0.6 is 0 Å². The molecule has 0 spiro atoms. The number of amides is 1. The smallest absolute Gasteiger partial charge is 0.370 e. The van der Waals surface area contributed by atoms with E-state index < -0.39 is 17.6 Å². The number of rotatable bonds is 7. The van der Waals surface area contributed by atoms with Gasteiger partial charge in [-0.25, -0.2) is 4.98 Å². The van der Waals surface area contributed by atoms with Crippen molar-refractivity contribution >= 4 is 11.7 Å². The summed E-state index contributed by atoms with van der Waals surface area (Å²) in [6.07, 6.45) is 8.76. The summed E-state index contributed by atoms with van der Waals surface area (Å²) in [7, 11) is 0. The second-order valence-electron chi connectivity index (χ2n) is 9.79. The van der Waals surface area contributed by atoms with Gasteiger partial charge in [0.25, 0.3) is 5.91 Å². The Kier molecular flexibility index (Phi) is 8.11. The van der Waals surface area contributed by atoms with E-state index in [0.29, 0.717) is 29.8 Å². The summed E-state index contributed by atoms with van der Waals surface area (Å²) in [5.74, 6) is 1.25. The van der Waals surface area contributed by atoms with E-state index in [1.807, 2.05) is 0 Å². The van der Waals surface area contributed by atoms with Gasteiger partial charge in [-0.05, 0) is 67.3 Å². The largest absolute Gasteiger partial charge is 0.417 e. The van der Waals surface area contributed by atoms with Crippen LogP contribution in [-0.2, 0) is 6.18 Å². The van der Waals surface area contributed by atoms with Gasteiger partial charge in [0.15, 0.2) is 0 Å². The molecule has 2 aromatic rings. The lowest BCUT2D eigenvalue weighted by atomic mass is 9.89. The predicted octanol–water partition coefficient (Wildman–Crippen LogP) is 7.07. The number of nitrogens with zero attached hydrogens (tertiary/aromatic N) is 1. The quantitative estimate of drug-likeness (QED) is 0.452. The Hall–Kier alpha value is -2.57. The van der Waals surface area contributed by atoms with Crippen LogP contribution in [0.15, 0.2) is 36.5 Å². The summed E-state index contributed by atoms with van der Waals surface area (Å²) >= 11 is 0. The minimum absolute atomic E-state index is 0.0302. The van der Waals surface area contributed by atoms with Crippen molar-refractivity contribution in [3.63, 3.8) is 0 Å². The molecule has 2 saturated carbocycles. The minimum atomic E-state index is -4.58. The maximum absolute atomic E-state index is 13.9. The molecule has 4 rings (SSSR count). The summed E-state index contributed by atoms with van der Waals surface area (Å²) < 4.78 is 41.7. The van der Waals surface area contributed by atoms with E-state index in [-0.39, 0.29) is 11.1 Å². The van der Waals surface area contributed by atoms with Gasteiger partial charge in [0, 0.05) is 30.4 Å². The van der Waals surface area contributed by atoms with E-state index in [1.165, 1.54) is 56.9 Å². The highest BCUT2D eigenvalue weighted by molar-refractivity contribution is 5.95. The average Bonchev–Trinajstić information content (AvgIpc) is 2.87. The number of carbonyl (C=O) groups is 1. The molecule has 184 valence electrons. The first kappa shape index (κ1) is 24.6. The topological polar surface area (TPSA) is 54.0 Å². The molecule has 0 aliphatic heterocycles. The van der Waals surface area contributed by atoms with E-state index in [1.54, 1.807) is 12.1 Å². The normalized spacial score (nSPS) is 18.0. The number of pyridine rings is 1. The molecule has 2 N–H and O–H groups in total. The van der Waals surface area contributed by atoms with Gasteiger partial charge in [-0.2, -0.15) is 13.2 Å². The van der Waals surface area contributed by atoms with Crippen molar-refractivity contribution in [1.82, 2.24) is 10.3 Å². The molecule has 4 nitrogen and oxygen atoms in total. The van der Waals surface area contributed by atoms with Crippen molar-refractivity contribution in [1.29, 1.82) is 0 Å². The number of alkyl halides is 3. The number of aromatic nitrogens is 1. The van der Waals surface area contributed by atoms with Gasteiger partial charge in [0.05, 0.1) is 5.56 Å². The SMILES string of the molecule is O=C(NCC1CCCCC1)c1ccc(-c2ccc(NCC3CCCCC3)nc2)c(C(F)(F)F)c1. The van der Waals surface area contributed by atoms with Crippen LogP contribution in [0.5, 0.6) is 0 Å². The summed E-state index contributed by atoms with van der Waals surface area (Å²) in [5.41, 5.74) is -0.375. The van der Waals surface area contributed by atoms with Crippen molar-refractivity contribution in [2.75, 3.05) is 18.4 Å². The first-order valence-electron chi connectivity index (χ1n) is 12.6. The van der Waals surface area contributed by atoms with Gasteiger partial charge < -0.3 is 10.6 Å². The first-order valence-corrected chi connectivity index (χ1v) is 12.6. The third-order valence-corrected chi connectivity index (χ3v) is 7.23. The third kappa shape index (κ3) is 6.51. The fraction of sp³-hybridized carbons (Fsp3) is 0.556. The van der Waals surface area contributed by atoms with Crippen LogP contribution in [0.25, 0.3) is 11.1 Å². The van der Waals surface area contributed by atoms with Gasteiger partial charge in [-0.15, -0.1) is 0 Å². The first-order chi connectivity index (χ1) is 16.4. The Morgan fingerprint density at radius 3 is 2.12 bits per heavy atom. The zero-order valence-electron chi connectivity index (χ0n) is 19.6. The third-order valence-electron chi connectivity index (χ3n) is 7.23. The van der Waals surface area contributed by atoms with Crippen LogP contribution < -0.4 is 10.6 Å². The number of carbonyl (C=O) groups excluding carboxylic acids is 1. The molecule has 1 aromatic heterocycles. The Bertz CT molecular complexity index is 947. The average molecular weight is 474 g/mol. The number of benzene rings is 1. The monoisotopic (exact) mass is 473 g/mol. The molecule has 0 unspecified atom stereocenters. The Morgan fingerprint density at radius 1 is 0.882 bits per heavy atom. The second kappa shape index (κ2) is 11.2. The van der Waals surface area contributed by atoms with E-state index in [4.69, 9.17) is 0 Å². The molecule has 0 radical (unpaired) electrons. The molecule has 0 bridgehead atoms. The highest BCUT2D eigenvalue weighted by Crippen LogP contribution is 2.38. The summed E-state index contributed by atoms with van der Waals surface area (Å²) in [6, 6.07) is 7.19. The highest BCUT2D eigenvalue weighted by Gasteiger charge is 2.34. The fourth-order valence-electron chi connectivity index (χ4n) is 5.20. The van der Waals surface area contributed by atoms with Gasteiger partial charge in [0.1, 0.15) is 5.82 Å². The number of hydrogen-bond acceptors (Lipinski definition) is 3. The van der Waals surface area contributed by atoms with Crippen molar-refractivity contribution in [2.24, 2.45) is 11.8 Å². The second-order valence-corrected chi connectivity index (χ2v) is 9.79. The lowest BCUT2D eigenvalue weighted by Crippen LogP contribution is -2.30. The molecule has 2 aliphatic rings. The van der Waals surface area contributed by atoms with Crippen LogP contribution in [-0.4, -0.2) is 24.0 Å². The van der Waals surface area contributed by atoms with Crippen LogP contribution in [0.3, 0.4) is 0 Å². The summed E-state index contributed by atoms with van der Waals surface area (Å²) in [4.78, 5) is 16.9. The number of nitrogens with one attached hydrogen (secondary N) is 2. The maximum atomic E-state index is 13.9. The van der Waals surface area contributed by atoms with Crippen molar-refractivity contribution < 1.29 is 18.0 Å². The molecule has 2 fully saturated rings. The molecule has 1 heterocycles. The lowest BCUT2D eigenvalue weighted by molar-refractivity contribution is -0.137. The lowest BCUT2D eigenvalue weighted by Gasteiger charge is -2.22. The molecular formula is C27H34F3N3O. The summed E-state index contributed by atoms with van der Waals surface area (Å²) in [6.45, 7) is 1.35. The van der Waals surface area contributed by atoms with Gasteiger partial charge in [-0.1, -0.05) is 44.6 Å². The van der Waals surface area contributed by atoms with Gasteiger partial charge in [0.2, 0.25) is 0 Å². The molecule has 0 atom stereocenters. The Labute approximate surface area is 199 Å². The molecule has 1 aromatic carbocycles. The predicted molar refractivity (Wildman–Crippen MR) is 129 cm³/mol. The zero-order valence-corrected chi connectivity index (χ0v) is 19.6. The van der Waals surface area contributed by atoms with Crippen LogP contribution in [0.4, 0.5) is 19.0 Å².